The van der Waals surface area contributed by atoms with Crippen LogP contribution >= 0.6 is 0 Å². The van der Waals surface area contributed by atoms with Crippen molar-refractivity contribution in [1.29, 1.82) is 0 Å². The molecule has 0 bridgehead atoms. The lowest BCUT2D eigenvalue weighted by molar-refractivity contribution is -0.118. The summed E-state index contributed by atoms with van der Waals surface area (Å²) in [7, 11) is 1.43. The number of amides is 1. The fourth-order valence-corrected chi connectivity index (χ4v) is 3.94. The number of methoxy groups -OCH3 is 1. The van der Waals surface area contributed by atoms with E-state index < -0.39 is 17.0 Å². The standard InChI is InChI=1S/C26H20F2N2O4/c1-33-24-13-18-20(14-21(24)31)29-11-8-22(18)34-23-7-2-15(12-19(23)28)26(9-10-26)25(32)30-17-5-3-16(27)4-6-17/h2-8,11-14,31H,9-10H2,1H3,(H,30,32). The summed E-state index contributed by atoms with van der Waals surface area (Å²) in [5.74, 6) is -0.779. The number of halogens is 2. The first-order chi connectivity index (χ1) is 16.4. The van der Waals surface area contributed by atoms with Crippen LogP contribution < -0.4 is 14.8 Å². The molecule has 3 aromatic carbocycles. The Bertz CT molecular complexity index is 1400. The van der Waals surface area contributed by atoms with Gasteiger partial charge < -0.3 is 19.9 Å². The SMILES string of the molecule is COc1cc2c(Oc3ccc(C4(C(=O)Nc5ccc(F)cc5)CC4)cc3F)ccnc2cc1O. The lowest BCUT2D eigenvalue weighted by Gasteiger charge is -2.17. The maximum atomic E-state index is 15.1. The van der Waals surface area contributed by atoms with Crippen LogP contribution in [0.3, 0.4) is 0 Å². The third-order valence-electron chi connectivity index (χ3n) is 5.99. The van der Waals surface area contributed by atoms with E-state index in [2.05, 4.69) is 10.3 Å². The van der Waals surface area contributed by atoms with Crippen molar-refractivity contribution in [1.82, 2.24) is 4.98 Å². The van der Waals surface area contributed by atoms with Crippen molar-refractivity contribution >= 4 is 22.5 Å². The molecular formula is C26H20F2N2O4. The molecule has 34 heavy (non-hydrogen) atoms. The number of hydrogen-bond donors (Lipinski definition) is 2. The van der Waals surface area contributed by atoms with E-state index in [0.29, 0.717) is 40.7 Å². The van der Waals surface area contributed by atoms with E-state index in [1.54, 1.807) is 18.2 Å². The van der Waals surface area contributed by atoms with Gasteiger partial charge in [-0.05, 0) is 66.9 Å². The van der Waals surface area contributed by atoms with Gasteiger partial charge in [0.2, 0.25) is 5.91 Å². The fourth-order valence-electron chi connectivity index (χ4n) is 3.94. The average Bonchev–Trinajstić information content (AvgIpc) is 3.64. The number of benzene rings is 3. The number of aromatic hydroxyl groups is 1. The summed E-state index contributed by atoms with van der Waals surface area (Å²) in [6.07, 6.45) is 2.66. The molecule has 0 radical (unpaired) electrons. The van der Waals surface area contributed by atoms with E-state index in [1.807, 2.05) is 0 Å². The minimum Gasteiger partial charge on any atom is -0.504 e. The van der Waals surface area contributed by atoms with Crippen LogP contribution in [-0.4, -0.2) is 23.1 Å². The molecule has 0 unspecified atom stereocenters. The van der Waals surface area contributed by atoms with Crippen LogP contribution in [0.25, 0.3) is 10.9 Å². The first-order valence-corrected chi connectivity index (χ1v) is 10.6. The second-order valence-corrected chi connectivity index (χ2v) is 8.14. The predicted octanol–water partition coefficient (Wildman–Crippen LogP) is 5.69. The van der Waals surface area contributed by atoms with E-state index in [9.17, 15) is 14.3 Å². The van der Waals surface area contributed by atoms with Crippen LogP contribution in [0.4, 0.5) is 14.5 Å². The molecule has 172 valence electrons. The number of carbonyl (C=O) groups is 1. The number of fused-ring (bicyclic) bond motifs is 1. The van der Waals surface area contributed by atoms with Gasteiger partial charge in [-0.2, -0.15) is 0 Å². The summed E-state index contributed by atoms with van der Waals surface area (Å²) < 4.78 is 39.2. The quantitative estimate of drug-likeness (QED) is 0.385. The van der Waals surface area contributed by atoms with E-state index in [-0.39, 0.29) is 23.2 Å². The molecule has 0 atom stereocenters. The number of rotatable bonds is 6. The molecule has 6 nitrogen and oxygen atoms in total. The lowest BCUT2D eigenvalue weighted by Crippen LogP contribution is -2.27. The maximum absolute atomic E-state index is 15.1. The number of ether oxygens (including phenoxy) is 2. The van der Waals surface area contributed by atoms with Crippen molar-refractivity contribution in [2.24, 2.45) is 0 Å². The second kappa shape index (κ2) is 8.30. The Kier molecular flexibility index (Phi) is 5.28. The van der Waals surface area contributed by atoms with Gasteiger partial charge in [-0.1, -0.05) is 6.07 Å². The molecule has 1 heterocycles. The van der Waals surface area contributed by atoms with Crippen LogP contribution in [0.1, 0.15) is 18.4 Å². The molecule has 1 aliphatic rings. The largest absolute Gasteiger partial charge is 0.504 e. The molecule has 5 rings (SSSR count). The van der Waals surface area contributed by atoms with Gasteiger partial charge in [0.05, 0.1) is 18.0 Å². The van der Waals surface area contributed by atoms with Crippen LogP contribution in [0.2, 0.25) is 0 Å². The maximum Gasteiger partial charge on any atom is 0.235 e. The highest BCUT2D eigenvalue weighted by Gasteiger charge is 2.51. The van der Waals surface area contributed by atoms with Gasteiger partial charge in [-0.15, -0.1) is 0 Å². The van der Waals surface area contributed by atoms with Gasteiger partial charge >= 0.3 is 0 Å². The normalized spacial score (nSPS) is 14.0. The number of anilines is 1. The van der Waals surface area contributed by atoms with Gasteiger partial charge in [0.15, 0.2) is 23.1 Å². The predicted molar refractivity (Wildman–Crippen MR) is 122 cm³/mol. The number of nitrogens with one attached hydrogen (secondary N) is 1. The molecule has 4 aromatic rings. The van der Waals surface area contributed by atoms with Crippen LogP contribution in [0.15, 0.2) is 66.9 Å². The summed E-state index contributed by atoms with van der Waals surface area (Å²) >= 11 is 0. The molecule has 1 fully saturated rings. The number of phenolic OH excluding ortho intramolecular Hbond substituents is 1. The molecule has 1 aliphatic carbocycles. The van der Waals surface area contributed by atoms with Crippen molar-refractivity contribution in [3.05, 3.63) is 84.1 Å². The van der Waals surface area contributed by atoms with Crippen molar-refractivity contribution in [3.8, 4) is 23.0 Å². The van der Waals surface area contributed by atoms with E-state index in [4.69, 9.17) is 9.47 Å². The minimum absolute atomic E-state index is 0.0157. The molecule has 1 saturated carbocycles. The zero-order valence-corrected chi connectivity index (χ0v) is 18.1. The van der Waals surface area contributed by atoms with Crippen LogP contribution in [0, 0.1) is 11.6 Å². The molecule has 1 aromatic heterocycles. The topological polar surface area (TPSA) is 80.7 Å². The third kappa shape index (κ3) is 3.87. The van der Waals surface area contributed by atoms with Crippen molar-refractivity contribution < 1.29 is 28.2 Å². The molecule has 8 heteroatoms. The zero-order chi connectivity index (χ0) is 23.9. The first kappa shape index (κ1) is 21.6. The van der Waals surface area contributed by atoms with Gasteiger partial charge in [-0.25, -0.2) is 8.78 Å². The number of pyridine rings is 1. The highest BCUT2D eigenvalue weighted by Crippen LogP contribution is 2.50. The van der Waals surface area contributed by atoms with E-state index in [1.165, 1.54) is 55.8 Å². The summed E-state index contributed by atoms with van der Waals surface area (Å²) in [6, 6.07) is 14.6. The summed E-state index contributed by atoms with van der Waals surface area (Å²) in [5.41, 5.74) is 0.650. The van der Waals surface area contributed by atoms with Crippen molar-refractivity contribution in [2.45, 2.75) is 18.3 Å². The molecule has 1 amide bonds. The van der Waals surface area contributed by atoms with Crippen molar-refractivity contribution in [2.75, 3.05) is 12.4 Å². The van der Waals surface area contributed by atoms with Crippen LogP contribution in [-0.2, 0) is 10.2 Å². The monoisotopic (exact) mass is 462 g/mol. The number of aromatic nitrogens is 1. The smallest absolute Gasteiger partial charge is 0.235 e. The number of carbonyl (C=O) groups excluding carboxylic acids is 1. The second-order valence-electron chi connectivity index (χ2n) is 8.14. The minimum atomic E-state index is -0.831. The molecule has 0 spiro atoms. The Balaban J connectivity index is 1.40. The number of nitrogens with zero attached hydrogens (tertiary/aromatic N) is 1. The Morgan fingerprint density at radius 2 is 1.76 bits per heavy atom. The number of hydrogen-bond acceptors (Lipinski definition) is 5. The van der Waals surface area contributed by atoms with Crippen molar-refractivity contribution in [3.63, 3.8) is 0 Å². The van der Waals surface area contributed by atoms with Crippen LogP contribution in [0.5, 0.6) is 23.0 Å². The number of phenols is 1. The van der Waals surface area contributed by atoms with Gasteiger partial charge in [-0.3, -0.25) is 9.78 Å². The van der Waals surface area contributed by atoms with Gasteiger partial charge in [0.25, 0.3) is 0 Å². The Hall–Kier alpha value is -4.20. The molecule has 2 N–H and O–H groups in total. The molecule has 0 saturated heterocycles. The Morgan fingerprint density at radius 3 is 2.44 bits per heavy atom. The van der Waals surface area contributed by atoms with Gasteiger partial charge in [0, 0.05) is 23.3 Å². The summed E-state index contributed by atoms with van der Waals surface area (Å²) in [6.45, 7) is 0. The highest BCUT2D eigenvalue weighted by molar-refractivity contribution is 6.01. The lowest BCUT2D eigenvalue weighted by atomic mass is 9.94. The fraction of sp³-hybridized carbons (Fsp3) is 0.154. The summed E-state index contributed by atoms with van der Waals surface area (Å²) in [4.78, 5) is 17.1. The first-order valence-electron chi connectivity index (χ1n) is 10.6. The van der Waals surface area contributed by atoms with E-state index >= 15 is 4.39 Å². The Labute approximate surface area is 193 Å². The van der Waals surface area contributed by atoms with Gasteiger partial charge in [0.1, 0.15) is 11.6 Å². The summed E-state index contributed by atoms with van der Waals surface area (Å²) in [5, 5.41) is 13.3. The van der Waals surface area contributed by atoms with E-state index in [0.717, 1.165) is 0 Å². The molecular weight excluding hydrogens is 442 g/mol. The zero-order valence-electron chi connectivity index (χ0n) is 18.1. The Morgan fingerprint density at radius 1 is 1.00 bits per heavy atom. The highest BCUT2D eigenvalue weighted by atomic mass is 19.1. The average molecular weight is 462 g/mol. The third-order valence-corrected chi connectivity index (χ3v) is 5.99. The molecule has 0 aliphatic heterocycles.